The predicted molar refractivity (Wildman–Crippen MR) is 63.5 cm³/mol. The number of aromatic nitrogens is 2. The Labute approximate surface area is 111 Å². The van der Waals surface area contributed by atoms with E-state index in [1.165, 1.54) is 12.1 Å². The van der Waals surface area contributed by atoms with Crippen molar-refractivity contribution in [1.82, 2.24) is 15.3 Å². The Morgan fingerprint density at radius 3 is 2.67 bits per heavy atom. The van der Waals surface area contributed by atoms with E-state index in [2.05, 4.69) is 15.3 Å². The normalized spacial score (nSPS) is 10.6. The highest BCUT2D eigenvalue weighted by Gasteiger charge is 2.12. The van der Waals surface area contributed by atoms with Crippen LogP contribution in [0.3, 0.4) is 0 Å². The molecule has 0 saturated heterocycles. The second kappa shape index (κ2) is 4.83. The molecular weight excluding hydrogens is 281 g/mol. The third-order valence-electron chi connectivity index (χ3n) is 2.13. The Hall–Kier alpha value is -1.79. The van der Waals surface area contributed by atoms with Gasteiger partial charge in [-0.3, -0.25) is 4.79 Å². The molecule has 0 unspecified atom stereocenters. The molecule has 0 radical (unpaired) electrons. The number of halogens is 2. The summed E-state index contributed by atoms with van der Waals surface area (Å²) in [6.45, 7) is -0.586. The molecule has 1 heterocycles. The van der Waals surface area contributed by atoms with Gasteiger partial charge in [-0.15, -0.1) is 0 Å². The Bertz CT molecular complexity index is 600. The first kappa shape index (κ1) is 12.7. The lowest BCUT2D eigenvalue weighted by Crippen LogP contribution is -2.38. The largest absolute Gasteiger partial charge is 0.548 e. The van der Waals surface area contributed by atoms with Crippen LogP contribution in [0.4, 0.5) is 0 Å². The zero-order valence-electron chi connectivity index (χ0n) is 8.79. The van der Waals surface area contributed by atoms with Crippen LogP contribution in [-0.4, -0.2) is 28.4 Å². The molecule has 0 fully saturated rings. The van der Waals surface area contributed by atoms with Gasteiger partial charge in [-0.2, -0.15) is 0 Å². The number of hydrogen-bond acceptors (Lipinski definition) is 4. The average molecular weight is 287 g/mol. The van der Waals surface area contributed by atoms with E-state index in [4.69, 9.17) is 23.2 Å². The van der Waals surface area contributed by atoms with Crippen molar-refractivity contribution in [2.75, 3.05) is 6.54 Å². The molecule has 1 aromatic carbocycles. The molecule has 0 spiro atoms. The lowest BCUT2D eigenvalue weighted by atomic mass is 10.3. The molecule has 2 N–H and O–H groups in total. The van der Waals surface area contributed by atoms with Crippen molar-refractivity contribution in [1.29, 1.82) is 0 Å². The minimum atomic E-state index is -1.38. The van der Waals surface area contributed by atoms with Crippen LogP contribution >= 0.6 is 23.2 Å². The highest BCUT2D eigenvalue weighted by molar-refractivity contribution is 6.42. The van der Waals surface area contributed by atoms with Gasteiger partial charge in [0.2, 0.25) is 0 Å². The van der Waals surface area contributed by atoms with Crippen molar-refractivity contribution < 1.29 is 14.7 Å². The number of imidazole rings is 1. The van der Waals surface area contributed by atoms with Gasteiger partial charge in [-0.1, -0.05) is 23.2 Å². The number of carbonyl (C=O) groups is 2. The second-order valence-corrected chi connectivity index (χ2v) is 4.24. The Kier molecular flexibility index (Phi) is 3.40. The summed E-state index contributed by atoms with van der Waals surface area (Å²) in [6.07, 6.45) is 0. The number of amides is 1. The van der Waals surface area contributed by atoms with Gasteiger partial charge in [-0.25, -0.2) is 4.98 Å². The molecule has 0 saturated carbocycles. The number of fused-ring (bicyclic) bond motifs is 1. The molecule has 0 aliphatic rings. The van der Waals surface area contributed by atoms with E-state index < -0.39 is 18.4 Å². The molecule has 0 aliphatic carbocycles. The number of aliphatic carboxylic acids is 1. The van der Waals surface area contributed by atoms with Crippen molar-refractivity contribution in [3.05, 3.63) is 28.0 Å². The maximum atomic E-state index is 11.5. The van der Waals surface area contributed by atoms with Gasteiger partial charge in [-0.05, 0) is 12.1 Å². The first-order valence-corrected chi connectivity index (χ1v) is 5.56. The molecule has 18 heavy (non-hydrogen) atoms. The third-order valence-corrected chi connectivity index (χ3v) is 2.85. The van der Waals surface area contributed by atoms with E-state index in [1.54, 1.807) is 0 Å². The number of nitrogens with one attached hydrogen (secondary N) is 2. The van der Waals surface area contributed by atoms with Gasteiger partial charge in [0.1, 0.15) is 0 Å². The fraction of sp³-hybridized carbons (Fsp3) is 0.100. The molecule has 0 bridgehead atoms. The Morgan fingerprint density at radius 2 is 2.00 bits per heavy atom. The summed E-state index contributed by atoms with van der Waals surface area (Å²) >= 11 is 11.6. The zero-order chi connectivity index (χ0) is 13.3. The number of rotatable bonds is 3. The molecule has 2 rings (SSSR count). The van der Waals surface area contributed by atoms with Crippen LogP contribution in [0.1, 0.15) is 10.6 Å². The highest BCUT2D eigenvalue weighted by Crippen LogP contribution is 2.26. The van der Waals surface area contributed by atoms with E-state index in [0.717, 1.165) is 0 Å². The smallest absolute Gasteiger partial charge is 0.287 e. The van der Waals surface area contributed by atoms with E-state index in [-0.39, 0.29) is 5.82 Å². The van der Waals surface area contributed by atoms with E-state index in [0.29, 0.717) is 21.1 Å². The molecule has 8 heteroatoms. The van der Waals surface area contributed by atoms with Crippen molar-refractivity contribution in [3.8, 4) is 0 Å². The quantitative estimate of drug-likeness (QED) is 0.851. The predicted octanol–water partition coefficient (Wildman–Crippen LogP) is 0.349. The molecule has 1 amide bonds. The Balaban J connectivity index is 2.30. The van der Waals surface area contributed by atoms with E-state index in [9.17, 15) is 14.7 Å². The monoisotopic (exact) mass is 286 g/mol. The van der Waals surface area contributed by atoms with E-state index in [1.807, 2.05) is 0 Å². The molecule has 0 atom stereocenters. The van der Waals surface area contributed by atoms with Gasteiger partial charge in [0.25, 0.3) is 5.91 Å². The fourth-order valence-electron chi connectivity index (χ4n) is 1.35. The minimum Gasteiger partial charge on any atom is -0.548 e. The van der Waals surface area contributed by atoms with Gasteiger partial charge in [0.05, 0.1) is 33.6 Å². The van der Waals surface area contributed by atoms with Gasteiger partial charge in [0.15, 0.2) is 5.82 Å². The van der Waals surface area contributed by atoms with Crippen molar-refractivity contribution in [3.63, 3.8) is 0 Å². The number of H-pyrrole nitrogens is 1. The van der Waals surface area contributed by atoms with Crippen LogP contribution in [-0.2, 0) is 4.79 Å². The Morgan fingerprint density at radius 1 is 1.33 bits per heavy atom. The third kappa shape index (κ3) is 2.55. The van der Waals surface area contributed by atoms with Crippen LogP contribution in [0.2, 0.25) is 10.0 Å². The number of hydrogen-bond donors (Lipinski definition) is 2. The maximum Gasteiger partial charge on any atom is 0.287 e. The second-order valence-electron chi connectivity index (χ2n) is 3.42. The van der Waals surface area contributed by atoms with E-state index >= 15 is 0 Å². The number of carboxylic acids is 1. The summed E-state index contributed by atoms with van der Waals surface area (Å²) in [5.74, 6) is -2.06. The summed E-state index contributed by atoms with van der Waals surface area (Å²) in [6, 6.07) is 3.03. The number of carboxylic acid groups (broad SMARTS) is 1. The first-order chi connectivity index (χ1) is 8.47. The van der Waals surface area contributed by atoms with Crippen molar-refractivity contribution in [2.24, 2.45) is 0 Å². The topological polar surface area (TPSA) is 97.9 Å². The van der Waals surface area contributed by atoms with Crippen LogP contribution < -0.4 is 10.4 Å². The van der Waals surface area contributed by atoms with Crippen molar-refractivity contribution >= 4 is 46.1 Å². The van der Waals surface area contributed by atoms with Gasteiger partial charge in [0, 0.05) is 0 Å². The summed E-state index contributed by atoms with van der Waals surface area (Å²) in [4.78, 5) is 28.4. The molecule has 94 valence electrons. The maximum absolute atomic E-state index is 11.5. The lowest BCUT2D eigenvalue weighted by molar-refractivity contribution is -0.303. The van der Waals surface area contributed by atoms with Crippen LogP contribution in [0, 0.1) is 0 Å². The van der Waals surface area contributed by atoms with Crippen molar-refractivity contribution in [2.45, 2.75) is 0 Å². The standard InChI is InChI=1S/C10H7Cl2N3O3/c11-4-1-6-7(2-5(4)12)15-9(14-6)10(18)13-3-8(16)17/h1-2H,3H2,(H,13,18)(H,14,15)(H,16,17)/p-1. The average Bonchev–Trinajstić information content (AvgIpc) is 2.69. The lowest BCUT2D eigenvalue weighted by Gasteiger charge is -2.02. The highest BCUT2D eigenvalue weighted by atomic mass is 35.5. The van der Waals surface area contributed by atoms with Crippen LogP contribution in [0.15, 0.2) is 12.1 Å². The SMILES string of the molecule is O=C([O-])CNC(=O)c1nc2cc(Cl)c(Cl)cc2[nH]1. The summed E-state index contributed by atoms with van der Waals surface area (Å²) in [7, 11) is 0. The summed E-state index contributed by atoms with van der Waals surface area (Å²) in [5.41, 5.74) is 0.992. The first-order valence-electron chi connectivity index (χ1n) is 4.80. The molecular formula is C10H6Cl2N3O3-. The molecule has 6 nitrogen and oxygen atoms in total. The number of aromatic amines is 1. The minimum absolute atomic E-state index is 0.0235. The number of carbonyl (C=O) groups excluding carboxylic acids is 2. The molecule has 1 aromatic heterocycles. The van der Waals surface area contributed by atoms with Crippen LogP contribution in [0.5, 0.6) is 0 Å². The summed E-state index contributed by atoms with van der Waals surface area (Å²) in [5, 5.41) is 13.0. The summed E-state index contributed by atoms with van der Waals surface area (Å²) < 4.78 is 0. The zero-order valence-corrected chi connectivity index (χ0v) is 10.3. The van der Waals surface area contributed by atoms with Gasteiger partial charge < -0.3 is 20.2 Å². The van der Waals surface area contributed by atoms with Gasteiger partial charge >= 0.3 is 0 Å². The number of nitrogens with zero attached hydrogens (tertiary/aromatic N) is 1. The molecule has 0 aliphatic heterocycles. The van der Waals surface area contributed by atoms with Crippen LogP contribution in [0.25, 0.3) is 11.0 Å². The fourth-order valence-corrected chi connectivity index (χ4v) is 1.67. The number of benzene rings is 1. The molecule has 2 aromatic rings.